The third-order valence-electron chi connectivity index (χ3n) is 8.39. The summed E-state index contributed by atoms with van der Waals surface area (Å²) in [5.74, 6) is 1.12. The number of nitrogens with one attached hydrogen (secondary N) is 2. The molecule has 2 saturated heterocycles. The summed E-state index contributed by atoms with van der Waals surface area (Å²) >= 11 is 0. The Morgan fingerprint density at radius 2 is 1.82 bits per heavy atom. The summed E-state index contributed by atoms with van der Waals surface area (Å²) in [5, 5.41) is 23.9. The van der Waals surface area contributed by atoms with Gasteiger partial charge in [-0.3, -0.25) is 4.90 Å². The maximum absolute atomic E-state index is 10.3. The van der Waals surface area contributed by atoms with Crippen LogP contribution < -0.4 is 5.32 Å². The van der Waals surface area contributed by atoms with Crippen LogP contribution in [0.25, 0.3) is 22.3 Å². The topological polar surface area (TPSA) is 80.3 Å². The minimum Gasteiger partial charge on any atom is -0.507 e. The van der Waals surface area contributed by atoms with E-state index in [9.17, 15) is 5.11 Å². The van der Waals surface area contributed by atoms with Crippen molar-refractivity contribution >= 4 is 11.0 Å². The molecule has 34 heavy (non-hydrogen) atoms. The Hall–Kier alpha value is -2.48. The van der Waals surface area contributed by atoms with Gasteiger partial charge in [-0.15, -0.1) is 10.2 Å². The normalized spacial score (nSPS) is 23.4. The van der Waals surface area contributed by atoms with Crippen LogP contribution in [-0.2, 0) is 6.42 Å². The zero-order valence-electron chi connectivity index (χ0n) is 20.1. The Labute approximate surface area is 201 Å². The van der Waals surface area contributed by atoms with Crippen molar-refractivity contribution in [3.63, 3.8) is 0 Å². The number of hydrogen-bond acceptors (Lipinski definition) is 6. The summed E-state index contributed by atoms with van der Waals surface area (Å²) in [5.41, 5.74) is 4.97. The standard InChI is InChI=1S/C27H36N6O/c1-18-26-22-16-24(21-4-2-3-5-25(21)34)30-31-27(22)29-23(26)10-15-33(18)20-8-13-32(14-9-20)17-19-6-11-28-12-7-19/h2-5,16,18-20,28,34H,6-15,17H2,1H3,(H,29,31)/t18-/m1/s1. The molecule has 3 aliphatic rings. The predicted molar refractivity (Wildman–Crippen MR) is 135 cm³/mol. The smallest absolute Gasteiger partial charge is 0.160 e. The van der Waals surface area contributed by atoms with E-state index < -0.39 is 0 Å². The van der Waals surface area contributed by atoms with Crippen molar-refractivity contribution in [3.05, 3.63) is 41.6 Å². The number of H-pyrrole nitrogens is 1. The van der Waals surface area contributed by atoms with Gasteiger partial charge in [0.05, 0.1) is 5.69 Å². The molecule has 7 nitrogen and oxygen atoms in total. The highest BCUT2D eigenvalue weighted by Crippen LogP contribution is 2.39. The first-order valence-electron chi connectivity index (χ1n) is 13.0. The fourth-order valence-corrected chi connectivity index (χ4v) is 6.52. The van der Waals surface area contributed by atoms with Gasteiger partial charge in [-0.1, -0.05) is 12.1 Å². The van der Waals surface area contributed by atoms with E-state index in [2.05, 4.69) is 43.3 Å². The fourth-order valence-electron chi connectivity index (χ4n) is 6.52. The zero-order valence-corrected chi connectivity index (χ0v) is 20.1. The van der Waals surface area contributed by atoms with Crippen LogP contribution in [0.4, 0.5) is 0 Å². The molecule has 0 saturated carbocycles. The lowest BCUT2D eigenvalue weighted by Crippen LogP contribution is -2.49. The number of aromatic hydroxyl groups is 1. The maximum atomic E-state index is 10.3. The number of phenolic OH excluding ortho intramolecular Hbond substituents is 1. The second-order valence-corrected chi connectivity index (χ2v) is 10.4. The third-order valence-corrected chi connectivity index (χ3v) is 8.39. The largest absolute Gasteiger partial charge is 0.507 e. The number of hydrogen-bond donors (Lipinski definition) is 3. The van der Waals surface area contributed by atoms with E-state index in [1.54, 1.807) is 6.07 Å². The number of piperidine rings is 2. The number of para-hydroxylation sites is 1. The van der Waals surface area contributed by atoms with Crippen molar-refractivity contribution in [2.24, 2.45) is 5.92 Å². The van der Waals surface area contributed by atoms with Gasteiger partial charge in [0, 0.05) is 48.2 Å². The first-order valence-corrected chi connectivity index (χ1v) is 13.0. The molecule has 0 bridgehead atoms. The third kappa shape index (κ3) is 4.10. The summed E-state index contributed by atoms with van der Waals surface area (Å²) < 4.78 is 0. The van der Waals surface area contributed by atoms with Gasteiger partial charge in [0.25, 0.3) is 0 Å². The molecule has 3 aliphatic heterocycles. The van der Waals surface area contributed by atoms with Crippen LogP contribution in [0.5, 0.6) is 5.75 Å². The molecule has 0 aliphatic carbocycles. The minimum atomic E-state index is 0.242. The van der Waals surface area contributed by atoms with Gasteiger partial charge >= 0.3 is 0 Å². The van der Waals surface area contributed by atoms with Crippen LogP contribution in [0.2, 0.25) is 0 Å². The van der Waals surface area contributed by atoms with E-state index in [1.165, 1.54) is 69.7 Å². The molecule has 0 unspecified atom stereocenters. The van der Waals surface area contributed by atoms with Crippen LogP contribution in [0.15, 0.2) is 30.3 Å². The predicted octanol–water partition coefficient (Wildman–Crippen LogP) is 3.71. The summed E-state index contributed by atoms with van der Waals surface area (Å²) in [4.78, 5) is 8.99. The number of phenols is 1. The quantitative estimate of drug-likeness (QED) is 0.551. The Bertz CT molecular complexity index is 1150. The molecule has 6 rings (SSSR count). The zero-order chi connectivity index (χ0) is 23.1. The Morgan fingerprint density at radius 3 is 2.62 bits per heavy atom. The minimum absolute atomic E-state index is 0.242. The monoisotopic (exact) mass is 460 g/mol. The lowest BCUT2D eigenvalue weighted by atomic mass is 9.91. The number of nitrogens with zero attached hydrogens (tertiary/aromatic N) is 4. The summed E-state index contributed by atoms with van der Waals surface area (Å²) in [6, 6.07) is 10.5. The molecule has 180 valence electrons. The molecule has 0 spiro atoms. The number of likely N-dealkylation sites (tertiary alicyclic amines) is 1. The van der Waals surface area contributed by atoms with Crippen molar-refractivity contribution in [2.45, 2.75) is 51.1 Å². The van der Waals surface area contributed by atoms with E-state index >= 15 is 0 Å². The summed E-state index contributed by atoms with van der Waals surface area (Å²) in [7, 11) is 0. The number of aromatic amines is 1. The molecule has 2 aromatic heterocycles. The van der Waals surface area contributed by atoms with Gasteiger partial charge < -0.3 is 20.3 Å². The molecule has 3 N–H and O–H groups in total. The number of fused-ring (bicyclic) bond motifs is 3. The number of rotatable bonds is 4. The average Bonchev–Trinajstić information content (AvgIpc) is 3.24. The molecule has 0 radical (unpaired) electrons. The molecule has 1 atom stereocenters. The lowest BCUT2D eigenvalue weighted by molar-refractivity contribution is 0.0655. The van der Waals surface area contributed by atoms with Gasteiger partial charge in [0.15, 0.2) is 5.65 Å². The molecule has 3 aromatic rings. The maximum Gasteiger partial charge on any atom is 0.160 e. The van der Waals surface area contributed by atoms with E-state index in [0.717, 1.165) is 41.2 Å². The molecular formula is C27H36N6O. The molecule has 5 heterocycles. The van der Waals surface area contributed by atoms with Crippen LogP contribution in [-0.4, -0.2) is 75.4 Å². The first kappa shape index (κ1) is 22.0. The summed E-state index contributed by atoms with van der Waals surface area (Å²) in [6.07, 6.45) is 6.21. The van der Waals surface area contributed by atoms with Gasteiger partial charge in [-0.25, -0.2) is 0 Å². The van der Waals surface area contributed by atoms with E-state index in [4.69, 9.17) is 0 Å². The highest BCUT2D eigenvalue weighted by molar-refractivity contribution is 5.86. The van der Waals surface area contributed by atoms with E-state index in [-0.39, 0.29) is 5.75 Å². The van der Waals surface area contributed by atoms with Crippen molar-refractivity contribution in [1.82, 2.24) is 30.3 Å². The Morgan fingerprint density at radius 1 is 1.03 bits per heavy atom. The Kier molecular flexibility index (Phi) is 6.01. The van der Waals surface area contributed by atoms with Crippen LogP contribution in [0.1, 0.15) is 49.9 Å². The van der Waals surface area contributed by atoms with Crippen molar-refractivity contribution in [2.75, 3.05) is 39.3 Å². The summed E-state index contributed by atoms with van der Waals surface area (Å²) in [6.45, 7) is 9.56. The van der Waals surface area contributed by atoms with Crippen LogP contribution >= 0.6 is 0 Å². The second-order valence-electron chi connectivity index (χ2n) is 10.4. The number of aromatic nitrogens is 3. The molecule has 0 amide bonds. The van der Waals surface area contributed by atoms with Gasteiger partial charge in [-0.2, -0.15) is 0 Å². The molecular weight excluding hydrogens is 424 g/mol. The first-order chi connectivity index (χ1) is 16.7. The lowest BCUT2D eigenvalue weighted by Gasteiger charge is -2.44. The van der Waals surface area contributed by atoms with Gasteiger partial charge in [-0.05, 0) is 88.5 Å². The SMILES string of the molecule is C[C@@H]1c2c([nH]c3nnc(-c4ccccc4O)cc23)CCN1C1CCN(CC2CCNCC2)CC1. The van der Waals surface area contributed by atoms with Crippen molar-refractivity contribution in [3.8, 4) is 17.0 Å². The highest BCUT2D eigenvalue weighted by atomic mass is 16.3. The fraction of sp³-hybridized carbons (Fsp3) is 0.556. The highest BCUT2D eigenvalue weighted by Gasteiger charge is 2.34. The molecule has 2 fully saturated rings. The van der Waals surface area contributed by atoms with E-state index in [0.29, 0.717) is 12.1 Å². The van der Waals surface area contributed by atoms with Gasteiger partial charge in [0.1, 0.15) is 5.75 Å². The average molecular weight is 461 g/mol. The van der Waals surface area contributed by atoms with Crippen molar-refractivity contribution in [1.29, 1.82) is 0 Å². The van der Waals surface area contributed by atoms with E-state index in [1.807, 2.05) is 18.2 Å². The molecule has 1 aromatic carbocycles. The Balaban J connectivity index is 1.19. The van der Waals surface area contributed by atoms with Crippen LogP contribution in [0.3, 0.4) is 0 Å². The van der Waals surface area contributed by atoms with Gasteiger partial charge in [0.2, 0.25) is 0 Å². The van der Waals surface area contributed by atoms with Crippen molar-refractivity contribution < 1.29 is 5.11 Å². The van der Waals surface area contributed by atoms with Crippen LogP contribution in [0, 0.1) is 5.92 Å². The number of benzene rings is 1. The second kappa shape index (κ2) is 9.29. The molecule has 7 heteroatoms.